The highest BCUT2D eigenvalue weighted by molar-refractivity contribution is 5.84. The van der Waals surface area contributed by atoms with E-state index in [1.807, 2.05) is 13.8 Å². The standard InChI is InChI=1S/C15H24N2O4/c1-9-6-16(7-10(2)21-9)15(20)17-8-11-4-3-5-12(11)13(17)14(18)19/h9-13H,3-8H2,1-2H3,(H,18,19). The van der Waals surface area contributed by atoms with Gasteiger partial charge in [0.1, 0.15) is 6.04 Å². The molecule has 1 aliphatic carbocycles. The summed E-state index contributed by atoms with van der Waals surface area (Å²) in [5.41, 5.74) is 0. The normalized spacial score (nSPS) is 39.4. The SMILES string of the molecule is CC1CN(C(=O)N2CC3CCCC3C2C(=O)O)CC(C)O1. The molecule has 3 aliphatic rings. The summed E-state index contributed by atoms with van der Waals surface area (Å²) in [7, 11) is 0. The maximum absolute atomic E-state index is 12.8. The topological polar surface area (TPSA) is 70.1 Å². The molecule has 5 atom stereocenters. The van der Waals surface area contributed by atoms with Gasteiger partial charge in [0.2, 0.25) is 0 Å². The van der Waals surface area contributed by atoms with Crippen molar-refractivity contribution in [2.75, 3.05) is 19.6 Å². The van der Waals surface area contributed by atoms with Gasteiger partial charge in [0.15, 0.2) is 0 Å². The van der Waals surface area contributed by atoms with E-state index in [0.29, 0.717) is 25.6 Å². The van der Waals surface area contributed by atoms with E-state index in [1.165, 1.54) is 0 Å². The fourth-order valence-corrected chi connectivity index (χ4v) is 4.33. The summed E-state index contributed by atoms with van der Waals surface area (Å²) < 4.78 is 5.65. The smallest absolute Gasteiger partial charge is 0.326 e. The summed E-state index contributed by atoms with van der Waals surface area (Å²) in [6.45, 7) is 5.58. The van der Waals surface area contributed by atoms with Crippen LogP contribution in [-0.4, -0.2) is 64.8 Å². The van der Waals surface area contributed by atoms with Crippen molar-refractivity contribution in [1.29, 1.82) is 0 Å². The molecule has 118 valence electrons. The zero-order chi connectivity index (χ0) is 15.1. The summed E-state index contributed by atoms with van der Waals surface area (Å²) in [6.07, 6.45) is 3.08. The molecule has 5 unspecified atom stereocenters. The summed E-state index contributed by atoms with van der Waals surface area (Å²) in [4.78, 5) is 27.8. The number of carboxylic acids is 1. The van der Waals surface area contributed by atoms with Gasteiger partial charge in [-0.2, -0.15) is 0 Å². The Morgan fingerprint density at radius 1 is 1.10 bits per heavy atom. The summed E-state index contributed by atoms with van der Waals surface area (Å²) >= 11 is 0. The molecule has 3 fully saturated rings. The lowest BCUT2D eigenvalue weighted by Gasteiger charge is -2.38. The number of aliphatic carboxylic acids is 1. The molecule has 21 heavy (non-hydrogen) atoms. The fraction of sp³-hybridized carbons (Fsp3) is 0.867. The quantitative estimate of drug-likeness (QED) is 0.794. The Morgan fingerprint density at radius 3 is 2.38 bits per heavy atom. The number of carbonyl (C=O) groups excluding carboxylic acids is 1. The third-order valence-corrected chi connectivity index (χ3v) is 5.08. The maximum Gasteiger partial charge on any atom is 0.326 e. The monoisotopic (exact) mass is 296 g/mol. The first-order chi connectivity index (χ1) is 9.97. The molecule has 0 bridgehead atoms. The number of hydrogen-bond acceptors (Lipinski definition) is 3. The van der Waals surface area contributed by atoms with E-state index in [2.05, 4.69) is 0 Å². The molecule has 2 amide bonds. The highest BCUT2D eigenvalue weighted by Crippen LogP contribution is 2.42. The van der Waals surface area contributed by atoms with Gasteiger partial charge in [-0.1, -0.05) is 6.42 Å². The summed E-state index contributed by atoms with van der Waals surface area (Å²) in [5, 5.41) is 9.54. The lowest BCUT2D eigenvalue weighted by atomic mass is 9.94. The average Bonchev–Trinajstić information content (AvgIpc) is 2.95. The first kappa shape index (κ1) is 14.6. The van der Waals surface area contributed by atoms with E-state index in [-0.39, 0.29) is 24.2 Å². The van der Waals surface area contributed by atoms with Crippen molar-refractivity contribution in [3.63, 3.8) is 0 Å². The molecule has 0 spiro atoms. The number of carbonyl (C=O) groups is 2. The molecule has 2 aliphatic heterocycles. The number of carboxylic acid groups (broad SMARTS) is 1. The Labute approximate surface area is 125 Å². The number of nitrogens with zero attached hydrogens (tertiary/aromatic N) is 2. The average molecular weight is 296 g/mol. The van der Waals surface area contributed by atoms with E-state index in [1.54, 1.807) is 9.80 Å². The number of fused-ring (bicyclic) bond motifs is 1. The van der Waals surface area contributed by atoms with Gasteiger partial charge in [0.25, 0.3) is 0 Å². The Balaban J connectivity index is 1.75. The van der Waals surface area contributed by atoms with Crippen LogP contribution in [0.1, 0.15) is 33.1 Å². The zero-order valence-electron chi connectivity index (χ0n) is 12.7. The van der Waals surface area contributed by atoms with Crippen LogP contribution in [-0.2, 0) is 9.53 Å². The van der Waals surface area contributed by atoms with Crippen molar-refractivity contribution < 1.29 is 19.4 Å². The minimum Gasteiger partial charge on any atom is -0.480 e. The Morgan fingerprint density at radius 2 is 1.76 bits per heavy atom. The zero-order valence-corrected chi connectivity index (χ0v) is 12.7. The van der Waals surface area contributed by atoms with Gasteiger partial charge >= 0.3 is 12.0 Å². The van der Waals surface area contributed by atoms with Crippen LogP contribution in [0.15, 0.2) is 0 Å². The highest BCUT2D eigenvalue weighted by atomic mass is 16.5. The number of morpholine rings is 1. The van der Waals surface area contributed by atoms with Gasteiger partial charge in [-0.3, -0.25) is 0 Å². The van der Waals surface area contributed by atoms with Gasteiger partial charge in [0.05, 0.1) is 12.2 Å². The largest absolute Gasteiger partial charge is 0.480 e. The van der Waals surface area contributed by atoms with Crippen LogP contribution in [0, 0.1) is 11.8 Å². The van der Waals surface area contributed by atoms with E-state index >= 15 is 0 Å². The van der Waals surface area contributed by atoms with Gasteiger partial charge in [-0.15, -0.1) is 0 Å². The minimum atomic E-state index is -0.855. The lowest BCUT2D eigenvalue weighted by Crippen LogP contribution is -2.55. The molecule has 0 aromatic rings. The molecular weight excluding hydrogens is 272 g/mol. The number of rotatable bonds is 1. The molecule has 1 saturated carbocycles. The number of ether oxygens (including phenoxy) is 1. The van der Waals surface area contributed by atoms with Crippen LogP contribution in [0.5, 0.6) is 0 Å². The van der Waals surface area contributed by atoms with Crippen LogP contribution in [0.4, 0.5) is 4.79 Å². The maximum atomic E-state index is 12.8. The van der Waals surface area contributed by atoms with Gasteiger partial charge in [-0.05, 0) is 38.5 Å². The van der Waals surface area contributed by atoms with Gasteiger partial charge < -0.3 is 19.6 Å². The molecule has 6 nitrogen and oxygen atoms in total. The highest BCUT2D eigenvalue weighted by Gasteiger charge is 2.50. The molecule has 3 rings (SSSR count). The second-order valence-electron chi connectivity index (χ2n) is 6.74. The van der Waals surface area contributed by atoms with E-state index in [9.17, 15) is 14.7 Å². The molecule has 0 aromatic carbocycles. The van der Waals surface area contributed by atoms with Gasteiger partial charge in [0, 0.05) is 19.6 Å². The Kier molecular flexibility index (Phi) is 3.82. The van der Waals surface area contributed by atoms with Crippen LogP contribution < -0.4 is 0 Å². The fourth-order valence-electron chi connectivity index (χ4n) is 4.33. The van der Waals surface area contributed by atoms with Crippen LogP contribution in [0.2, 0.25) is 0 Å². The Hall–Kier alpha value is -1.30. The van der Waals surface area contributed by atoms with Crippen molar-refractivity contribution in [2.24, 2.45) is 11.8 Å². The van der Waals surface area contributed by atoms with Crippen LogP contribution in [0.25, 0.3) is 0 Å². The van der Waals surface area contributed by atoms with Gasteiger partial charge in [-0.25, -0.2) is 9.59 Å². The second-order valence-corrected chi connectivity index (χ2v) is 6.74. The van der Waals surface area contributed by atoms with Crippen molar-refractivity contribution >= 4 is 12.0 Å². The predicted octanol–water partition coefficient (Wildman–Crippen LogP) is 1.40. The number of amides is 2. The van der Waals surface area contributed by atoms with Crippen molar-refractivity contribution in [1.82, 2.24) is 9.80 Å². The molecule has 6 heteroatoms. The van der Waals surface area contributed by atoms with E-state index < -0.39 is 12.0 Å². The van der Waals surface area contributed by atoms with E-state index in [0.717, 1.165) is 19.3 Å². The van der Waals surface area contributed by atoms with E-state index in [4.69, 9.17) is 4.74 Å². The van der Waals surface area contributed by atoms with Crippen molar-refractivity contribution in [2.45, 2.75) is 51.4 Å². The minimum absolute atomic E-state index is 0.00285. The molecule has 0 aromatic heterocycles. The molecule has 2 heterocycles. The molecule has 0 radical (unpaired) electrons. The second kappa shape index (κ2) is 5.48. The number of hydrogen-bond donors (Lipinski definition) is 1. The number of likely N-dealkylation sites (tertiary alicyclic amines) is 1. The third kappa shape index (κ3) is 2.61. The first-order valence-corrected chi connectivity index (χ1v) is 7.91. The summed E-state index contributed by atoms with van der Waals surface area (Å²) in [6, 6.07) is -0.766. The van der Waals surface area contributed by atoms with Crippen LogP contribution >= 0.6 is 0 Å². The number of urea groups is 1. The lowest BCUT2D eigenvalue weighted by molar-refractivity contribution is -0.143. The molecule has 1 N–H and O–H groups in total. The first-order valence-electron chi connectivity index (χ1n) is 7.91. The molecular formula is C15H24N2O4. The Bertz CT molecular complexity index is 431. The van der Waals surface area contributed by atoms with Crippen molar-refractivity contribution in [3.8, 4) is 0 Å². The summed E-state index contributed by atoms with van der Waals surface area (Å²) in [5.74, 6) is -0.347. The van der Waals surface area contributed by atoms with Crippen molar-refractivity contribution in [3.05, 3.63) is 0 Å². The molecule has 2 saturated heterocycles. The third-order valence-electron chi connectivity index (χ3n) is 5.08. The predicted molar refractivity (Wildman–Crippen MR) is 75.9 cm³/mol. The van der Waals surface area contributed by atoms with Crippen LogP contribution in [0.3, 0.4) is 0 Å².